The van der Waals surface area contributed by atoms with E-state index in [1.54, 1.807) is 18.2 Å². The molecule has 2 aromatic carbocycles. The number of nitrogens with zero attached hydrogens (tertiary/aromatic N) is 3. The highest BCUT2D eigenvalue weighted by Crippen LogP contribution is 2.37. The average Bonchev–Trinajstić information content (AvgIpc) is 2.97. The van der Waals surface area contributed by atoms with Gasteiger partial charge in [0.1, 0.15) is 0 Å². The molecule has 3 N–H and O–H groups in total. The van der Waals surface area contributed by atoms with E-state index in [-0.39, 0.29) is 23.9 Å². The number of ketones is 1. The highest BCUT2D eigenvalue weighted by Gasteiger charge is 2.17. The minimum absolute atomic E-state index is 0.0897. The Kier molecular flexibility index (Phi) is 11.7. The van der Waals surface area contributed by atoms with Gasteiger partial charge in [0.05, 0.1) is 23.5 Å². The van der Waals surface area contributed by atoms with Crippen LogP contribution >= 0.6 is 19.4 Å². The predicted molar refractivity (Wildman–Crippen MR) is 165 cm³/mol. The molecule has 0 radical (unpaired) electrons. The quantitative estimate of drug-likeness (QED) is 0.0813. The molecule has 1 aliphatic rings. The molecule has 230 valence electrons. The number of piperidine rings is 1. The Morgan fingerprint density at radius 3 is 2.72 bits per heavy atom. The summed E-state index contributed by atoms with van der Waals surface area (Å²) in [7, 11) is -4.70. The van der Waals surface area contributed by atoms with Crippen molar-refractivity contribution >= 4 is 36.8 Å². The second-order valence-corrected chi connectivity index (χ2v) is 12.0. The number of hydrogen-bond donors (Lipinski definition) is 3. The van der Waals surface area contributed by atoms with Crippen LogP contribution in [0.2, 0.25) is 5.02 Å². The Hall–Kier alpha value is -3.31. The Bertz CT molecular complexity index is 1460. The molecular weight excluding hydrogens is 595 g/mol. The number of likely N-dealkylation sites (tertiary alicyclic amines) is 1. The van der Waals surface area contributed by atoms with Crippen LogP contribution in [0.4, 0.5) is 11.6 Å². The SMILES string of the molecule is C=CC(=O)Cc1cccc(-c2nc(Nc3ccc(OCOP(=O)(O)O)c(OCCCN4CCC(C)CC4)c3)ncc2Cl)c1. The monoisotopic (exact) mass is 630 g/mol. The lowest BCUT2D eigenvalue weighted by Gasteiger charge is -2.30. The number of nitrogens with one attached hydrogen (secondary N) is 1. The molecule has 1 aliphatic heterocycles. The molecular formula is C30H36ClN4O7P. The number of phosphoric ester groups is 1. The number of phosphoric acid groups is 1. The maximum atomic E-state index is 11.8. The van der Waals surface area contributed by atoms with Crippen LogP contribution in [0.15, 0.2) is 61.3 Å². The van der Waals surface area contributed by atoms with Crippen molar-refractivity contribution < 1.29 is 33.1 Å². The Balaban J connectivity index is 1.48. The zero-order chi connectivity index (χ0) is 30.8. The molecule has 0 bridgehead atoms. The number of rotatable bonds is 15. The first-order valence-electron chi connectivity index (χ1n) is 14.0. The molecule has 0 saturated carbocycles. The van der Waals surface area contributed by atoms with Crippen LogP contribution in [0.5, 0.6) is 11.5 Å². The zero-order valence-corrected chi connectivity index (χ0v) is 25.6. The molecule has 0 aliphatic carbocycles. The molecule has 0 unspecified atom stereocenters. The van der Waals surface area contributed by atoms with E-state index in [0.717, 1.165) is 43.1 Å². The summed E-state index contributed by atoms with van der Waals surface area (Å²) >= 11 is 6.44. The molecule has 11 nitrogen and oxygen atoms in total. The second kappa shape index (κ2) is 15.4. The van der Waals surface area contributed by atoms with Crippen molar-refractivity contribution in [2.75, 3.05) is 38.4 Å². The summed E-state index contributed by atoms with van der Waals surface area (Å²) in [5.74, 6) is 1.57. The summed E-state index contributed by atoms with van der Waals surface area (Å²) in [6, 6.07) is 12.4. The van der Waals surface area contributed by atoms with Gasteiger partial charge in [-0.3, -0.25) is 4.79 Å². The van der Waals surface area contributed by atoms with Gasteiger partial charge in [-0.25, -0.2) is 19.1 Å². The largest absolute Gasteiger partial charge is 0.490 e. The van der Waals surface area contributed by atoms with Crippen LogP contribution < -0.4 is 14.8 Å². The van der Waals surface area contributed by atoms with Gasteiger partial charge in [0.2, 0.25) is 12.7 Å². The third kappa shape index (κ3) is 10.4. The first-order chi connectivity index (χ1) is 20.6. The van der Waals surface area contributed by atoms with Gasteiger partial charge < -0.3 is 29.5 Å². The lowest BCUT2D eigenvalue weighted by molar-refractivity contribution is -0.114. The third-order valence-corrected chi connectivity index (χ3v) is 7.66. The number of allylic oxidation sites excluding steroid dienone is 1. The van der Waals surface area contributed by atoms with Gasteiger partial charge in [-0.2, -0.15) is 0 Å². The molecule has 3 aromatic rings. The number of benzene rings is 2. The highest BCUT2D eigenvalue weighted by molar-refractivity contribution is 7.46. The lowest BCUT2D eigenvalue weighted by atomic mass is 9.99. The molecule has 1 saturated heterocycles. The van der Waals surface area contributed by atoms with E-state index in [1.807, 2.05) is 24.3 Å². The van der Waals surface area contributed by atoms with Gasteiger partial charge in [0.25, 0.3) is 0 Å². The van der Waals surface area contributed by atoms with E-state index in [4.69, 9.17) is 30.9 Å². The second-order valence-electron chi connectivity index (χ2n) is 10.3. The topological polar surface area (TPSA) is 143 Å². The number of ether oxygens (including phenoxy) is 2. The molecule has 0 atom stereocenters. The van der Waals surface area contributed by atoms with Gasteiger partial charge in [0.15, 0.2) is 17.3 Å². The number of aromatic nitrogens is 2. The molecule has 43 heavy (non-hydrogen) atoms. The van der Waals surface area contributed by atoms with Crippen molar-refractivity contribution in [2.45, 2.75) is 32.6 Å². The van der Waals surface area contributed by atoms with Crippen molar-refractivity contribution in [2.24, 2.45) is 5.92 Å². The molecule has 0 spiro atoms. The van der Waals surface area contributed by atoms with Crippen LogP contribution in [0.25, 0.3) is 11.3 Å². The summed E-state index contributed by atoms with van der Waals surface area (Å²) in [6.45, 7) is 8.63. The predicted octanol–water partition coefficient (Wildman–Crippen LogP) is 5.78. The third-order valence-electron chi connectivity index (χ3n) is 6.94. The van der Waals surface area contributed by atoms with E-state index in [2.05, 4.69) is 38.2 Å². The van der Waals surface area contributed by atoms with Gasteiger partial charge in [-0.15, -0.1) is 0 Å². The molecule has 0 amide bonds. The number of carbonyl (C=O) groups excluding carboxylic acids is 1. The van der Waals surface area contributed by atoms with Crippen molar-refractivity contribution in [3.8, 4) is 22.8 Å². The summed E-state index contributed by atoms with van der Waals surface area (Å²) in [6.07, 6.45) is 6.19. The van der Waals surface area contributed by atoms with Gasteiger partial charge >= 0.3 is 7.82 Å². The summed E-state index contributed by atoms with van der Waals surface area (Å²) < 4.78 is 27.0. The fourth-order valence-corrected chi connectivity index (χ4v) is 4.98. The summed E-state index contributed by atoms with van der Waals surface area (Å²) in [5.41, 5.74) is 2.61. The maximum absolute atomic E-state index is 11.8. The zero-order valence-electron chi connectivity index (χ0n) is 23.9. The van der Waals surface area contributed by atoms with Crippen molar-refractivity contribution in [1.82, 2.24) is 14.9 Å². The fourth-order valence-electron chi connectivity index (χ4n) is 4.59. The average molecular weight is 631 g/mol. The number of hydrogen-bond acceptors (Lipinski definition) is 9. The number of halogens is 1. The maximum Gasteiger partial charge on any atom is 0.472 e. The standard InChI is InChI=1S/C30H36ClN4O7P/c1-3-25(36)17-22-6-4-7-23(16-22)29-26(31)19-32-30(34-29)33-24-8-9-27(41-20-42-43(37,38)39)28(18-24)40-15-5-12-35-13-10-21(2)11-14-35/h3-4,6-9,16,18-19,21H,1,5,10-15,17,20H2,2H3,(H,32,33,34)(H2,37,38,39). The van der Waals surface area contributed by atoms with E-state index < -0.39 is 14.6 Å². The first kappa shape index (κ1) is 32.6. The molecule has 4 rings (SSSR count). The van der Waals surface area contributed by atoms with Gasteiger partial charge in [-0.1, -0.05) is 43.3 Å². The summed E-state index contributed by atoms with van der Waals surface area (Å²) in [4.78, 5) is 41.1. The van der Waals surface area contributed by atoms with Crippen molar-refractivity contribution in [1.29, 1.82) is 0 Å². The Morgan fingerprint density at radius 2 is 1.98 bits per heavy atom. The molecule has 1 fully saturated rings. The molecule has 1 aromatic heterocycles. The lowest BCUT2D eigenvalue weighted by Crippen LogP contribution is -2.34. The van der Waals surface area contributed by atoms with Gasteiger partial charge in [-0.05, 0) is 68.1 Å². The smallest absolute Gasteiger partial charge is 0.472 e. The summed E-state index contributed by atoms with van der Waals surface area (Å²) in [5, 5.41) is 3.49. The first-order valence-corrected chi connectivity index (χ1v) is 15.9. The van der Waals surface area contributed by atoms with E-state index in [9.17, 15) is 9.36 Å². The molecule has 13 heteroatoms. The van der Waals surface area contributed by atoms with E-state index in [0.29, 0.717) is 28.8 Å². The van der Waals surface area contributed by atoms with Crippen molar-refractivity contribution in [3.63, 3.8) is 0 Å². The van der Waals surface area contributed by atoms with Crippen LogP contribution in [-0.2, 0) is 20.3 Å². The minimum atomic E-state index is -4.70. The van der Waals surface area contributed by atoms with E-state index >= 15 is 0 Å². The van der Waals surface area contributed by atoms with Crippen LogP contribution in [0.3, 0.4) is 0 Å². The number of carbonyl (C=O) groups is 1. The van der Waals surface area contributed by atoms with E-state index in [1.165, 1.54) is 25.1 Å². The molecule has 2 heterocycles. The van der Waals surface area contributed by atoms with Gasteiger partial charge in [0, 0.05) is 30.3 Å². The normalized spacial score (nSPS) is 14.3. The number of anilines is 2. The van der Waals surface area contributed by atoms with Crippen LogP contribution in [0.1, 0.15) is 31.7 Å². The Labute approximate surface area is 256 Å². The fraction of sp³-hybridized carbons (Fsp3) is 0.367. The highest BCUT2D eigenvalue weighted by atomic mass is 35.5. The van der Waals surface area contributed by atoms with Crippen LogP contribution in [-0.4, -0.2) is 63.5 Å². The Morgan fingerprint density at radius 1 is 1.19 bits per heavy atom. The van der Waals surface area contributed by atoms with Crippen molar-refractivity contribution in [3.05, 3.63) is 71.9 Å². The van der Waals surface area contributed by atoms with Crippen LogP contribution in [0, 0.1) is 5.92 Å². The minimum Gasteiger partial charge on any atom is -0.490 e.